The monoisotopic (exact) mass is 370 g/mol. The summed E-state index contributed by atoms with van der Waals surface area (Å²) in [5, 5.41) is 11.0. The minimum atomic E-state index is 0.00959. The van der Waals surface area contributed by atoms with Crippen molar-refractivity contribution in [1.29, 1.82) is 0 Å². The number of aromatic nitrogens is 1. The summed E-state index contributed by atoms with van der Waals surface area (Å²) in [6.07, 6.45) is 4.35. The summed E-state index contributed by atoms with van der Waals surface area (Å²) in [6, 6.07) is 9.77. The van der Waals surface area contributed by atoms with Crippen molar-refractivity contribution in [3.05, 3.63) is 46.0 Å². The van der Waals surface area contributed by atoms with Gasteiger partial charge in [-0.2, -0.15) is 0 Å². The second-order valence-corrected chi connectivity index (χ2v) is 8.27. The summed E-state index contributed by atoms with van der Waals surface area (Å²) in [6.45, 7) is 4.74. The fraction of sp³-hybridized carbons (Fsp3) is 0.500. The predicted molar refractivity (Wildman–Crippen MR) is 106 cm³/mol. The molecular formula is C20H26N4OS. The molecule has 0 aliphatic heterocycles. The van der Waals surface area contributed by atoms with Gasteiger partial charge in [0.05, 0.1) is 5.69 Å². The molecule has 1 fully saturated rings. The first-order valence-corrected chi connectivity index (χ1v) is 10.3. The molecule has 5 nitrogen and oxygen atoms in total. The number of hydrogen-bond acceptors (Lipinski definition) is 5. The molecule has 1 heterocycles. The molecule has 4 rings (SSSR count). The number of carbonyl (C=O) groups is 1. The Morgan fingerprint density at radius 1 is 1.19 bits per heavy atom. The Labute approximate surface area is 158 Å². The van der Waals surface area contributed by atoms with Crippen LogP contribution in [0.3, 0.4) is 0 Å². The van der Waals surface area contributed by atoms with Crippen molar-refractivity contribution >= 4 is 22.4 Å². The molecule has 0 radical (unpaired) electrons. The van der Waals surface area contributed by atoms with Crippen molar-refractivity contribution in [2.75, 3.05) is 11.9 Å². The maximum absolute atomic E-state index is 12.7. The van der Waals surface area contributed by atoms with Crippen molar-refractivity contribution < 1.29 is 4.79 Å². The van der Waals surface area contributed by atoms with Gasteiger partial charge in [0.1, 0.15) is 4.88 Å². The number of carbonyl (C=O) groups excluding carboxylic acids is 1. The molecule has 2 atom stereocenters. The molecule has 1 aromatic carbocycles. The smallest absolute Gasteiger partial charge is 0.263 e. The van der Waals surface area contributed by atoms with Gasteiger partial charge >= 0.3 is 0 Å². The third-order valence-electron chi connectivity index (χ3n) is 5.42. The van der Waals surface area contributed by atoms with E-state index in [9.17, 15) is 4.79 Å². The minimum Gasteiger partial charge on any atom is -0.362 e. The lowest BCUT2D eigenvalue weighted by molar-refractivity contribution is 0.0892. The molecule has 138 valence electrons. The summed E-state index contributed by atoms with van der Waals surface area (Å²) >= 11 is 1.44. The Bertz CT molecular complexity index is 778. The van der Waals surface area contributed by atoms with E-state index in [1.165, 1.54) is 22.5 Å². The van der Waals surface area contributed by atoms with E-state index >= 15 is 0 Å². The number of rotatable bonds is 6. The summed E-state index contributed by atoms with van der Waals surface area (Å²) in [5.74, 6) is 0.00959. The SMILES string of the molecule is CCNc1nc(C)c(C(=O)N[C@H]2CC[C@H]2NC2Cc3ccccc3C2)s1. The number of anilines is 1. The van der Waals surface area contributed by atoms with Crippen molar-refractivity contribution in [2.45, 2.75) is 57.7 Å². The zero-order valence-corrected chi connectivity index (χ0v) is 16.2. The van der Waals surface area contributed by atoms with E-state index in [1.54, 1.807) is 0 Å². The number of thiazole rings is 1. The average molecular weight is 371 g/mol. The molecule has 3 N–H and O–H groups in total. The molecular weight excluding hydrogens is 344 g/mol. The summed E-state index contributed by atoms with van der Waals surface area (Å²) < 4.78 is 0. The first-order chi connectivity index (χ1) is 12.6. The van der Waals surface area contributed by atoms with Crippen LogP contribution in [0.1, 0.15) is 46.3 Å². The van der Waals surface area contributed by atoms with E-state index < -0.39 is 0 Å². The number of nitrogens with one attached hydrogen (secondary N) is 3. The third-order valence-corrected chi connectivity index (χ3v) is 6.54. The molecule has 1 saturated carbocycles. The van der Waals surface area contributed by atoms with E-state index in [4.69, 9.17) is 0 Å². The van der Waals surface area contributed by atoms with Gasteiger partial charge in [0.2, 0.25) is 0 Å². The number of benzene rings is 1. The average Bonchev–Trinajstić information content (AvgIpc) is 3.19. The molecule has 0 unspecified atom stereocenters. The molecule has 1 amide bonds. The highest BCUT2D eigenvalue weighted by atomic mass is 32.1. The molecule has 1 aromatic heterocycles. The van der Waals surface area contributed by atoms with Gasteiger partial charge in [-0.25, -0.2) is 4.98 Å². The van der Waals surface area contributed by atoms with Crippen LogP contribution in [0.5, 0.6) is 0 Å². The molecule has 0 saturated heterocycles. The highest BCUT2D eigenvalue weighted by molar-refractivity contribution is 7.17. The number of aryl methyl sites for hydroxylation is 1. The van der Waals surface area contributed by atoms with Crippen LogP contribution < -0.4 is 16.0 Å². The Hall–Kier alpha value is -1.92. The Kier molecular flexibility index (Phi) is 4.96. The predicted octanol–water partition coefficient (Wildman–Crippen LogP) is 2.90. The quantitative estimate of drug-likeness (QED) is 0.731. The highest BCUT2D eigenvalue weighted by Crippen LogP contribution is 2.27. The van der Waals surface area contributed by atoms with Crippen molar-refractivity contribution in [2.24, 2.45) is 0 Å². The van der Waals surface area contributed by atoms with E-state index in [0.717, 1.165) is 47.9 Å². The molecule has 0 bridgehead atoms. The van der Waals surface area contributed by atoms with Crippen LogP contribution >= 0.6 is 11.3 Å². The zero-order chi connectivity index (χ0) is 18.1. The van der Waals surface area contributed by atoms with Gasteiger partial charge in [-0.3, -0.25) is 4.79 Å². The van der Waals surface area contributed by atoms with Crippen LogP contribution in [-0.4, -0.2) is 35.6 Å². The maximum Gasteiger partial charge on any atom is 0.263 e. The number of nitrogens with zero attached hydrogens (tertiary/aromatic N) is 1. The number of amides is 1. The molecule has 2 aliphatic carbocycles. The minimum absolute atomic E-state index is 0.00959. The molecule has 6 heteroatoms. The topological polar surface area (TPSA) is 66.0 Å². The van der Waals surface area contributed by atoms with Crippen LogP contribution in [0.15, 0.2) is 24.3 Å². The lowest BCUT2D eigenvalue weighted by Crippen LogP contribution is -2.59. The van der Waals surface area contributed by atoms with Crippen molar-refractivity contribution in [3.63, 3.8) is 0 Å². The fourth-order valence-corrected chi connectivity index (χ4v) is 4.86. The van der Waals surface area contributed by atoms with Crippen LogP contribution in [0.4, 0.5) is 5.13 Å². The van der Waals surface area contributed by atoms with Crippen molar-refractivity contribution in [3.8, 4) is 0 Å². The van der Waals surface area contributed by atoms with E-state index in [1.807, 2.05) is 13.8 Å². The lowest BCUT2D eigenvalue weighted by atomic mass is 9.85. The first kappa shape index (κ1) is 17.5. The van der Waals surface area contributed by atoms with E-state index in [-0.39, 0.29) is 11.9 Å². The summed E-state index contributed by atoms with van der Waals surface area (Å²) in [5.41, 5.74) is 3.72. The van der Waals surface area contributed by atoms with Gasteiger partial charge < -0.3 is 16.0 Å². The van der Waals surface area contributed by atoms with Crippen LogP contribution in [-0.2, 0) is 12.8 Å². The highest BCUT2D eigenvalue weighted by Gasteiger charge is 2.35. The number of fused-ring (bicyclic) bond motifs is 1. The second-order valence-electron chi connectivity index (χ2n) is 7.27. The van der Waals surface area contributed by atoms with Gasteiger partial charge in [-0.15, -0.1) is 0 Å². The van der Waals surface area contributed by atoms with E-state index in [0.29, 0.717) is 12.1 Å². The normalized spacial score (nSPS) is 21.9. The van der Waals surface area contributed by atoms with Crippen LogP contribution in [0, 0.1) is 6.92 Å². The summed E-state index contributed by atoms with van der Waals surface area (Å²) in [4.78, 5) is 17.8. The molecule has 26 heavy (non-hydrogen) atoms. The maximum atomic E-state index is 12.7. The van der Waals surface area contributed by atoms with Gasteiger partial charge in [-0.05, 0) is 50.7 Å². The second kappa shape index (κ2) is 7.37. The van der Waals surface area contributed by atoms with E-state index in [2.05, 4.69) is 45.2 Å². The summed E-state index contributed by atoms with van der Waals surface area (Å²) in [7, 11) is 0. The Balaban J connectivity index is 1.33. The molecule has 0 spiro atoms. The lowest BCUT2D eigenvalue weighted by Gasteiger charge is -2.39. The standard InChI is InChI=1S/C20H26N4OS/c1-3-21-20-22-12(2)18(26-20)19(25)24-17-9-8-16(17)23-15-10-13-6-4-5-7-14(13)11-15/h4-7,15-17,23H,3,8-11H2,1-2H3,(H,21,22)(H,24,25)/t16-,17+/m1/s1. The Morgan fingerprint density at radius 2 is 1.88 bits per heavy atom. The largest absolute Gasteiger partial charge is 0.362 e. The fourth-order valence-electron chi connectivity index (χ4n) is 3.92. The van der Waals surface area contributed by atoms with Gasteiger partial charge in [0.15, 0.2) is 5.13 Å². The number of hydrogen-bond donors (Lipinski definition) is 3. The van der Waals surface area contributed by atoms with Gasteiger partial charge in [0.25, 0.3) is 5.91 Å². The molecule has 2 aliphatic rings. The zero-order valence-electron chi connectivity index (χ0n) is 15.3. The van der Waals surface area contributed by atoms with Crippen LogP contribution in [0.2, 0.25) is 0 Å². The Morgan fingerprint density at radius 3 is 2.50 bits per heavy atom. The third kappa shape index (κ3) is 3.48. The molecule has 2 aromatic rings. The van der Waals surface area contributed by atoms with Gasteiger partial charge in [-0.1, -0.05) is 35.6 Å². The van der Waals surface area contributed by atoms with Gasteiger partial charge in [0, 0.05) is 24.7 Å². The van der Waals surface area contributed by atoms with Crippen molar-refractivity contribution in [1.82, 2.24) is 15.6 Å². The van der Waals surface area contributed by atoms with Crippen LogP contribution in [0.25, 0.3) is 0 Å². The first-order valence-electron chi connectivity index (χ1n) is 9.49.